The van der Waals surface area contributed by atoms with Crippen LogP contribution >= 0.6 is 12.4 Å². The molecule has 2 N–H and O–H groups in total. The number of halogens is 1. The molecule has 7 heteroatoms. The molecule has 0 aliphatic carbocycles. The van der Waals surface area contributed by atoms with Crippen molar-refractivity contribution in [1.82, 2.24) is 15.5 Å². The highest BCUT2D eigenvalue weighted by atomic mass is 35.5. The molecule has 2 aliphatic rings. The SMILES string of the molecule is CC(C)Oc1ccccc1CC(=O)N1CCCC(CNC(=O)C2CCCN2)C1.Cl. The third kappa shape index (κ3) is 6.89. The number of hydrogen-bond donors (Lipinski definition) is 2. The van der Waals surface area contributed by atoms with Gasteiger partial charge in [-0.2, -0.15) is 0 Å². The first-order chi connectivity index (χ1) is 13.5. The van der Waals surface area contributed by atoms with Crippen molar-refractivity contribution in [2.75, 3.05) is 26.2 Å². The molecule has 2 unspecified atom stereocenters. The number of amides is 2. The van der Waals surface area contributed by atoms with Crippen LogP contribution < -0.4 is 15.4 Å². The third-order valence-electron chi connectivity index (χ3n) is 5.49. The van der Waals surface area contributed by atoms with Crippen LogP contribution in [-0.4, -0.2) is 55.0 Å². The van der Waals surface area contributed by atoms with Crippen molar-refractivity contribution in [3.63, 3.8) is 0 Å². The molecule has 162 valence electrons. The van der Waals surface area contributed by atoms with Crippen LogP contribution in [0, 0.1) is 5.92 Å². The lowest BCUT2D eigenvalue weighted by Crippen LogP contribution is -2.47. The summed E-state index contributed by atoms with van der Waals surface area (Å²) in [6.07, 6.45) is 4.44. The Balaban J connectivity index is 0.00000300. The topological polar surface area (TPSA) is 70.7 Å². The van der Waals surface area contributed by atoms with Gasteiger partial charge in [0.15, 0.2) is 0 Å². The molecule has 3 rings (SSSR count). The molecule has 29 heavy (non-hydrogen) atoms. The normalized spacial score (nSPS) is 21.6. The molecule has 1 aromatic rings. The van der Waals surface area contributed by atoms with Crippen LogP contribution in [0.3, 0.4) is 0 Å². The Morgan fingerprint density at radius 3 is 2.76 bits per heavy atom. The Morgan fingerprint density at radius 1 is 1.24 bits per heavy atom. The Morgan fingerprint density at radius 2 is 2.03 bits per heavy atom. The van der Waals surface area contributed by atoms with Crippen molar-refractivity contribution in [3.05, 3.63) is 29.8 Å². The van der Waals surface area contributed by atoms with Crippen LogP contribution in [-0.2, 0) is 16.0 Å². The maximum atomic E-state index is 12.9. The van der Waals surface area contributed by atoms with E-state index in [4.69, 9.17) is 4.74 Å². The zero-order valence-corrected chi connectivity index (χ0v) is 18.3. The first-order valence-corrected chi connectivity index (χ1v) is 10.6. The molecule has 1 aromatic carbocycles. The minimum atomic E-state index is -0.0428. The van der Waals surface area contributed by atoms with Gasteiger partial charge in [-0.05, 0) is 58.1 Å². The lowest BCUT2D eigenvalue weighted by molar-refractivity contribution is -0.132. The highest BCUT2D eigenvalue weighted by Gasteiger charge is 2.26. The number of carbonyl (C=O) groups is 2. The number of benzene rings is 1. The number of carbonyl (C=O) groups excluding carboxylic acids is 2. The minimum absolute atomic E-state index is 0. The molecule has 0 bridgehead atoms. The van der Waals surface area contributed by atoms with Gasteiger partial charge in [-0.25, -0.2) is 0 Å². The highest BCUT2D eigenvalue weighted by Crippen LogP contribution is 2.22. The van der Waals surface area contributed by atoms with Gasteiger partial charge in [-0.3, -0.25) is 9.59 Å². The van der Waals surface area contributed by atoms with Gasteiger partial charge in [0, 0.05) is 25.2 Å². The van der Waals surface area contributed by atoms with E-state index in [1.807, 2.05) is 43.0 Å². The first-order valence-electron chi connectivity index (χ1n) is 10.6. The number of likely N-dealkylation sites (tertiary alicyclic amines) is 1. The number of ether oxygens (including phenoxy) is 1. The quantitative estimate of drug-likeness (QED) is 0.707. The van der Waals surface area contributed by atoms with Crippen molar-refractivity contribution < 1.29 is 14.3 Å². The van der Waals surface area contributed by atoms with Crippen molar-refractivity contribution in [2.45, 2.75) is 58.1 Å². The Kier molecular flexibility index (Phi) is 9.24. The van der Waals surface area contributed by atoms with E-state index < -0.39 is 0 Å². The summed E-state index contributed by atoms with van der Waals surface area (Å²) in [5.41, 5.74) is 0.934. The molecule has 2 amide bonds. The van der Waals surface area contributed by atoms with Crippen molar-refractivity contribution in [3.8, 4) is 5.75 Å². The van der Waals surface area contributed by atoms with E-state index in [1.165, 1.54) is 0 Å². The number of nitrogens with one attached hydrogen (secondary N) is 2. The fraction of sp³-hybridized carbons (Fsp3) is 0.636. The maximum absolute atomic E-state index is 12.9. The molecule has 6 nitrogen and oxygen atoms in total. The maximum Gasteiger partial charge on any atom is 0.237 e. The summed E-state index contributed by atoms with van der Waals surface area (Å²) in [5.74, 6) is 1.34. The van der Waals surface area contributed by atoms with Crippen molar-refractivity contribution in [1.29, 1.82) is 0 Å². The van der Waals surface area contributed by atoms with Crippen LogP contribution in [0.15, 0.2) is 24.3 Å². The zero-order chi connectivity index (χ0) is 19.9. The number of nitrogens with zero attached hydrogens (tertiary/aromatic N) is 1. The fourth-order valence-corrected chi connectivity index (χ4v) is 4.03. The molecule has 0 saturated carbocycles. The van der Waals surface area contributed by atoms with Crippen LogP contribution in [0.5, 0.6) is 5.75 Å². The molecule has 0 spiro atoms. The summed E-state index contributed by atoms with van der Waals surface area (Å²) in [7, 11) is 0. The summed E-state index contributed by atoms with van der Waals surface area (Å²) < 4.78 is 5.84. The average molecular weight is 424 g/mol. The average Bonchev–Trinajstić information content (AvgIpc) is 3.22. The second kappa shape index (κ2) is 11.4. The molecule has 2 atom stereocenters. The van der Waals surface area contributed by atoms with E-state index in [1.54, 1.807) is 0 Å². The van der Waals surface area contributed by atoms with Gasteiger partial charge >= 0.3 is 0 Å². The van der Waals surface area contributed by atoms with Crippen LogP contribution in [0.2, 0.25) is 0 Å². The van der Waals surface area contributed by atoms with Crippen molar-refractivity contribution in [2.24, 2.45) is 5.92 Å². The molecule has 2 saturated heterocycles. The molecule has 0 radical (unpaired) electrons. The number of piperidine rings is 1. The predicted molar refractivity (Wildman–Crippen MR) is 116 cm³/mol. The van der Waals surface area contributed by atoms with Gasteiger partial charge in [-0.15, -0.1) is 12.4 Å². The van der Waals surface area contributed by atoms with Gasteiger partial charge in [0.05, 0.1) is 18.6 Å². The van der Waals surface area contributed by atoms with Gasteiger partial charge < -0.3 is 20.3 Å². The van der Waals surface area contributed by atoms with E-state index >= 15 is 0 Å². The van der Waals surface area contributed by atoms with E-state index in [0.29, 0.717) is 25.4 Å². The summed E-state index contributed by atoms with van der Waals surface area (Å²) in [5, 5.41) is 6.30. The molecule has 2 aliphatic heterocycles. The van der Waals surface area contributed by atoms with E-state index in [2.05, 4.69) is 10.6 Å². The minimum Gasteiger partial charge on any atom is -0.491 e. The van der Waals surface area contributed by atoms with Crippen molar-refractivity contribution >= 4 is 24.2 Å². The molecular formula is C22H34ClN3O3. The third-order valence-corrected chi connectivity index (χ3v) is 5.49. The second-order valence-electron chi connectivity index (χ2n) is 8.19. The predicted octanol–water partition coefficient (Wildman–Crippen LogP) is 2.54. The van der Waals surface area contributed by atoms with Crippen LogP contribution in [0.4, 0.5) is 0 Å². The number of para-hydroxylation sites is 1. The smallest absolute Gasteiger partial charge is 0.237 e. The largest absolute Gasteiger partial charge is 0.491 e. The Labute approximate surface area is 180 Å². The van der Waals surface area contributed by atoms with Gasteiger partial charge in [0.1, 0.15) is 5.75 Å². The summed E-state index contributed by atoms with van der Waals surface area (Å²) in [6, 6.07) is 7.73. The number of hydrogen-bond acceptors (Lipinski definition) is 4. The second-order valence-corrected chi connectivity index (χ2v) is 8.19. The molecule has 2 heterocycles. The lowest BCUT2D eigenvalue weighted by atomic mass is 9.97. The van der Waals surface area contributed by atoms with Gasteiger partial charge in [0.2, 0.25) is 11.8 Å². The summed E-state index contributed by atoms with van der Waals surface area (Å²) in [4.78, 5) is 27.0. The zero-order valence-electron chi connectivity index (χ0n) is 17.5. The highest BCUT2D eigenvalue weighted by molar-refractivity contribution is 5.85. The molecule has 2 fully saturated rings. The number of rotatable bonds is 7. The summed E-state index contributed by atoms with van der Waals surface area (Å²) in [6.45, 7) is 7.05. The molecule has 0 aromatic heterocycles. The monoisotopic (exact) mass is 423 g/mol. The lowest BCUT2D eigenvalue weighted by Gasteiger charge is -2.33. The van der Waals surface area contributed by atoms with E-state index in [9.17, 15) is 9.59 Å². The Hall–Kier alpha value is -1.79. The van der Waals surface area contributed by atoms with E-state index in [-0.39, 0.29) is 36.4 Å². The fourth-order valence-electron chi connectivity index (χ4n) is 4.03. The van der Waals surface area contributed by atoms with Gasteiger partial charge in [-0.1, -0.05) is 18.2 Å². The van der Waals surface area contributed by atoms with E-state index in [0.717, 1.165) is 50.1 Å². The van der Waals surface area contributed by atoms with Crippen LogP contribution in [0.1, 0.15) is 45.1 Å². The van der Waals surface area contributed by atoms with Crippen LogP contribution in [0.25, 0.3) is 0 Å². The summed E-state index contributed by atoms with van der Waals surface area (Å²) >= 11 is 0. The van der Waals surface area contributed by atoms with Gasteiger partial charge in [0.25, 0.3) is 0 Å². The molecular weight excluding hydrogens is 390 g/mol. The Bertz CT molecular complexity index is 677. The first kappa shape index (κ1) is 23.5. The standard InChI is InChI=1S/C22H33N3O3.ClH/c1-16(2)28-20-10-4-3-8-18(20)13-21(26)25-12-6-7-17(15-25)14-24-22(27)19-9-5-11-23-19;/h3-4,8,10,16-17,19,23H,5-7,9,11-15H2,1-2H3,(H,24,27);1H.